The van der Waals surface area contributed by atoms with Crippen LogP contribution in [0.2, 0.25) is 0 Å². The van der Waals surface area contributed by atoms with E-state index in [1.54, 1.807) is 0 Å². The molecule has 0 heterocycles. The lowest BCUT2D eigenvalue weighted by Crippen LogP contribution is -2.33. The van der Waals surface area contributed by atoms with Gasteiger partial charge in [-0.2, -0.15) is 0 Å². The summed E-state index contributed by atoms with van der Waals surface area (Å²) in [6.07, 6.45) is 1.54. The molecular weight excluding hydrogens is 226 g/mol. The van der Waals surface area contributed by atoms with Crippen LogP contribution >= 0.6 is 11.8 Å². The van der Waals surface area contributed by atoms with Crippen LogP contribution in [0.3, 0.4) is 0 Å². The summed E-state index contributed by atoms with van der Waals surface area (Å²) < 4.78 is 6.92. The van der Waals surface area contributed by atoms with Gasteiger partial charge in [-0.25, -0.2) is 0 Å². The zero-order valence-electron chi connectivity index (χ0n) is 9.47. The summed E-state index contributed by atoms with van der Waals surface area (Å²) in [5.41, 5.74) is 0.819. The lowest BCUT2D eigenvalue weighted by Gasteiger charge is -2.25. The summed E-state index contributed by atoms with van der Waals surface area (Å²) in [4.78, 5) is 0. The van der Waals surface area contributed by atoms with Gasteiger partial charge in [-0.15, -0.1) is 0 Å². The fourth-order valence-electron chi connectivity index (χ4n) is 1.29. The Kier molecular flexibility index (Phi) is 6.23. The highest BCUT2D eigenvalue weighted by molar-refractivity contribution is 6.25. The van der Waals surface area contributed by atoms with Gasteiger partial charge in [0.05, 0.1) is 12.3 Å². The van der Waals surface area contributed by atoms with Crippen LogP contribution in [0, 0.1) is 0 Å². The predicted molar refractivity (Wildman–Crippen MR) is 66.5 cm³/mol. The van der Waals surface area contributed by atoms with Gasteiger partial charge in [0.2, 0.25) is 0 Å². The van der Waals surface area contributed by atoms with E-state index in [2.05, 4.69) is 6.92 Å². The highest BCUT2D eigenvalue weighted by Crippen LogP contribution is 2.19. The number of rotatable bonds is 7. The molecule has 0 aromatic heterocycles. The fourth-order valence-corrected chi connectivity index (χ4v) is 1.52. The van der Waals surface area contributed by atoms with Crippen molar-refractivity contribution in [2.24, 2.45) is 0 Å². The van der Waals surface area contributed by atoms with Crippen molar-refractivity contribution >= 4 is 17.5 Å². The number of aliphatic hydroxyl groups is 1. The molecule has 0 saturated heterocycles. The molecule has 0 aliphatic heterocycles. The number of hydrogen-bond donors (Lipinski definition) is 1. The predicted octanol–water partition coefficient (Wildman–Crippen LogP) is 2.78. The normalized spacial score (nSPS) is 12.4. The summed E-state index contributed by atoms with van der Waals surface area (Å²) in [5.74, 6) is 0. The van der Waals surface area contributed by atoms with E-state index in [4.69, 9.17) is 16.5 Å². The highest BCUT2D eigenvalue weighted by atomic mass is 35.5. The van der Waals surface area contributed by atoms with Gasteiger partial charge in [-0.3, -0.25) is 4.42 Å². The van der Waals surface area contributed by atoms with Crippen LogP contribution in [-0.4, -0.2) is 24.5 Å². The number of anilines is 1. The molecule has 0 saturated carbocycles. The van der Waals surface area contributed by atoms with Crippen LogP contribution in [0.15, 0.2) is 30.3 Å². The highest BCUT2D eigenvalue weighted by Gasteiger charge is 2.16. The molecule has 3 nitrogen and oxygen atoms in total. The molecule has 1 N–H and O–H groups in total. The second kappa shape index (κ2) is 7.49. The Morgan fingerprint density at radius 1 is 1.38 bits per heavy atom. The molecule has 4 heteroatoms. The van der Waals surface area contributed by atoms with Gasteiger partial charge >= 0.3 is 0 Å². The van der Waals surface area contributed by atoms with Gasteiger partial charge in [-0.1, -0.05) is 31.5 Å². The number of unbranched alkanes of at least 4 members (excludes halogenated alkanes) is 1. The lowest BCUT2D eigenvalue weighted by atomic mass is 10.3. The molecule has 0 radical (unpaired) electrons. The summed E-state index contributed by atoms with van der Waals surface area (Å²) >= 11 is 6.10. The van der Waals surface area contributed by atoms with Crippen LogP contribution in [0.5, 0.6) is 0 Å². The zero-order chi connectivity index (χ0) is 11.8. The summed E-state index contributed by atoms with van der Waals surface area (Å²) in [6.45, 7) is 2.58. The maximum absolute atomic E-state index is 9.21. The number of para-hydroxylation sites is 1. The van der Waals surface area contributed by atoms with Crippen molar-refractivity contribution in [2.45, 2.75) is 26.0 Å². The summed E-state index contributed by atoms with van der Waals surface area (Å²) in [7, 11) is 0. The summed E-state index contributed by atoms with van der Waals surface area (Å²) in [6, 6.07) is 9.45. The van der Waals surface area contributed by atoms with E-state index in [1.807, 2.05) is 30.3 Å². The maximum Gasteiger partial charge on any atom is 0.167 e. The Labute approximate surface area is 102 Å². The van der Waals surface area contributed by atoms with Gasteiger partial charge in [-0.05, 0) is 18.6 Å². The molecule has 0 spiro atoms. The molecular formula is C12H18ClNO2. The van der Waals surface area contributed by atoms with Crippen LogP contribution < -0.4 is 4.42 Å². The topological polar surface area (TPSA) is 32.7 Å². The molecule has 1 rings (SSSR count). The van der Waals surface area contributed by atoms with Crippen LogP contribution in [-0.2, 0) is 4.74 Å². The lowest BCUT2D eigenvalue weighted by molar-refractivity contribution is 0.0197. The van der Waals surface area contributed by atoms with Crippen molar-refractivity contribution in [1.82, 2.24) is 0 Å². The SMILES string of the molecule is CCCCOC(CO)N(Cl)c1ccccc1. The van der Waals surface area contributed by atoms with Crippen molar-refractivity contribution in [3.05, 3.63) is 30.3 Å². The number of ether oxygens (including phenoxy) is 1. The second-order valence-corrected chi connectivity index (χ2v) is 3.87. The van der Waals surface area contributed by atoms with Gasteiger partial charge < -0.3 is 9.84 Å². The minimum atomic E-state index is -0.490. The van der Waals surface area contributed by atoms with Gasteiger partial charge in [0, 0.05) is 18.4 Å². The van der Waals surface area contributed by atoms with E-state index in [0.717, 1.165) is 18.5 Å². The molecule has 1 aromatic rings. The Morgan fingerprint density at radius 3 is 2.62 bits per heavy atom. The quantitative estimate of drug-likeness (QED) is 0.454. The van der Waals surface area contributed by atoms with E-state index < -0.39 is 6.23 Å². The number of nitrogens with zero attached hydrogens (tertiary/aromatic N) is 1. The molecule has 1 unspecified atom stereocenters. The third-order valence-corrected chi connectivity index (χ3v) is 2.63. The van der Waals surface area contributed by atoms with Crippen LogP contribution in [0.25, 0.3) is 0 Å². The monoisotopic (exact) mass is 243 g/mol. The number of aliphatic hydroxyl groups excluding tert-OH is 1. The molecule has 1 aromatic carbocycles. The number of halogens is 1. The molecule has 90 valence electrons. The molecule has 0 aliphatic rings. The standard InChI is InChI=1S/C12H18ClNO2/c1-2-3-9-16-12(10-15)14(13)11-7-5-4-6-8-11/h4-8,12,15H,2-3,9-10H2,1H3. The van der Waals surface area contributed by atoms with E-state index >= 15 is 0 Å². The Balaban J connectivity index is 2.52. The fraction of sp³-hybridized carbons (Fsp3) is 0.500. The van der Waals surface area contributed by atoms with Gasteiger partial charge in [0.25, 0.3) is 0 Å². The summed E-state index contributed by atoms with van der Waals surface area (Å²) in [5, 5.41) is 9.21. The van der Waals surface area contributed by atoms with Gasteiger partial charge in [0.1, 0.15) is 0 Å². The molecule has 0 amide bonds. The smallest absolute Gasteiger partial charge is 0.167 e. The first-order chi connectivity index (χ1) is 7.79. The minimum absolute atomic E-state index is 0.123. The second-order valence-electron chi connectivity index (χ2n) is 3.51. The first-order valence-electron chi connectivity index (χ1n) is 5.52. The molecule has 16 heavy (non-hydrogen) atoms. The van der Waals surface area contributed by atoms with E-state index in [0.29, 0.717) is 6.61 Å². The molecule has 0 aliphatic carbocycles. The van der Waals surface area contributed by atoms with Crippen LogP contribution in [0.1, 0.15) is 19.8 Å². The maximum atomic E-state index is 9.21. The van der Waals surface area contributed by atoms with E-state index in [-0.39, 0.29) is 6.61 Å². The molecule has 1 atom stereocenters. The van der Waals surface area contributed by atoms with Crippen molar-refractivity contribution in [1.29, 1.82) is 0 Å². The average Bonchev–Trinajstić information content (AvgIpc) is 2.35. The minimum Gasteiger partial charge on any atom is -0.392 e. The largest absolute Gasteiger partial charge is 0.392 e. The number of benzene rings is 1. The average molecular weight is 244 g/mol. The van der Waals surface area contributed by atoms with Crippen LogP contribution in [0.4, 0.5) is 5.69 Å². The third kappa shape index (κ3) is 4.00. The molecule has 0 fully saturated rings. The third-order valence-electron chi connectivity index (χ3n) is 2.22. The molecule has 0 bridgehead atoms. The van der Waals surface area contributed by atoms with E-state index in [1.165, 1.54) is 4.42 Å². The van der Waals surface area contributed by atoms with Gasteiger partial charge in [0.15, 0.2) is 6.23 Å². The Bertz CT molecular complexity index is 282. The zero-order valence-corrected chi connectivity index (χ0v) is 10.2. The first kappa shape index (κ1) is 13.3. The van der Waals surface area contributed by atoms with Crippen molar-refractivity contribution in [3.8, 4) is 0 Å². The first-order valence-corrected chi connectivity index (χ1v) is 5.86. The van der Waals surface area contributed by atoms with Crippen molar-refractivity contribution in [2.75, 3.05) is 17.6 Å². The van der Waals surface area contributed by atoms with E-state index in [9.17, 15) is 5.11 Å². The van der Waals surface area contributed by atoms with Crippen molar-refractivity contribution < 1.29 is 9.84 Å². The number of hydrogen-bond acceptors (Lipinski definition) is 3. The van der Waals surface area contributed by atoms with Crippen molar-refractivity contribution in [3.63, 3.8) is 0 Å². The Morgan fingerprint density at radius 2 is 2.06 bits per heavy atom. The Hall–Kier alpha value is -0.770.